The average molecular weight is 845 g/mol. The molecule has 0 radical (unpaired) electrons. The first-order valence-electron chi connectivity index (χ1n) is 22.6. The predicted octanol–water partition coefficient (Wildman–Crippen LogP) is 13.4. The molecule has 0 bridgehead atoms. The molecule has 0 heterocycles. The number of halogens is 5. The maximum atomic E-state index is 13.1. The van der Waals surface area contributed by atoms with Crippen molar-refractivity contribution in [3.63, 3.8) is 0 Å². The first-order chi connectivity index (χ1) is 27.4. The van der Waals surface area contributed by atoms with E-state index in [9.17, 15) is 31.4 Å². The lowest BCUT2D eigenvalue weighted by Crippen LogP contribution is -2.48. The largest absolute Gasteiger partial charge is 0.459 e. The van der Waals surface area contributed by atoms with Gasteiger partial charge in [0, 0.05) is 46.6 Å². The van der Waals surface area contributed by atoms with Crippen LogP contribution in [-0.2, 0) is 31.5 Å². The Kier molecular flexibility index (Phi) is 22.0. The standard InChI is InChI=1S/C47H72F4O5S.FH/c1-4-6-7-8-9-12-15-18-23-43(53)56-41-27-26-40-44-35(22-17-14-11-10-13-16-19-31-57(54)32-20-29-47(50,51)45(48)49)33-36-34-37(55-42(52)21-5-2)24-25-38(36)39(44)28-30-46(40,41)3;/h18,23-25,34-35,39-41,44-45H,4-17,19-22,26-33H2,1-3H3;1H/b23-18+;. The molecular formula is C47H73F5O5S. The van der Waals surface area contributed by atoms with Crippen LogP contribution >= 0.6 is 0 Å². The van der Waals surface area contributed by atoms with Crippen LogP contribution in [0.25, 0.3) is 0 Å². The maximum absolute atomic E-state index is 13.1. The highest BCUT2D eigenvalue weighted by Gasteiger charge is 2.58. The second-order valence-electron chi connectivity index (χ2n) is 17.6. The van der Waals surface area contributed by atoms with Gasteiger partial charge in [-0.2, -0.15) is 0 Å². The van der Waals surface area contributed by atoms with Crippen molar-refractivity contribution in [2.45, 2.75) is 199 Å². The molecule has 0 N–H and O–H groups in total. The van der Waals surface area contributed by atoms with Crippen LogP contribution in [-0.4, -0.2) is 46.1 Å². The second kappa shape index (κ2) is 25.5. The summed E-state index contributed by atoms with van der Waals surface area (Å²) < 4.78 is 75.1. The van der Waals surface area contributed by atoms with Crippen molar-refractivity contribution in [2.75, 3.05) is 11.5 Å². The fourth-order valence-corrected chi connectivity index (χ4v) is 11.5. The van der Waals surface area contributed by atoms with Crippen molar-refractivity contribution in [1.29, 1.82) is 0 Å². The zero-order chi connectivity index (χ0) is 41.3. The smallest absolute Gasteiger partial charge is 0.330 e. The molecule has 0 spiro atoms. The van der Waals surface area contributed by atoms with Gasteiger partial charge in [-0.25, -0.2) is 22.4 Å². The van der Waals surface area contributed by atoms with Crippen LogP contribution in [0.4, 0.5) is 22.3 Å². The van der Waals surface area contributed by atoms with Gasteiger partial charge in [-0.1, -0.05) is 104 Å². The number of carbonyl (C=O) groups is 2. The number of unbranched alkanes of at least 4 members (excludes halogenated alkanes) is 12. The lowest BCUT2D eigenvalue weighted by molar-refractivity contribution is -0.152. The summed E-state index contributed by atoms with van der Waals surface area (Å²) in [5.41, 5.74) is 2.66. The third-order valence-corrected chi connectivity index (χ3v) is 14.8. The summed E-state index contributed by atoms with van der Waals surface area (Å²) in [7, 11) is -1.25. The fraction of sp³-hybridized carbons (Fsp3) is 0.787. The molecule has 0 aromatic heterocycles. The van der Waals surface area contributed by atoms with Crippen LogP contribution in [0.1, 0.15) is 185 Å². The minimum Gasteiger partial charge on any atom is -0.459 e. The fourth-order valence-electron chi connectivity index (χ4n) is 10.3. The van der Waals surface area contributed by atoms with Crippen molar-refractivity contribution in [1.82, 2.24) is 0 Å². The van der Waals surface area contributed by atoms with Crippen LogP contribution in [0.15, 0.2) is 30.4 Å². The third kappa shape index (κ3) is 15.0. The summed E-state index contributed by atoms with van der Waals surface area (Å²) in [6.07, 6.45) is 21.6. The SMILES string of the molecule is CCCCCCCC/C=C/C(=O)OC1CCC2C3C(CCCCCCCCCS(=O)CCCC(F)(F)C(F)F)Cc4cc(OC(=O)CCC)ccc4C3CCC12C.F. The van der Waals surface area contributed by atoms with E-state index in [1.807, 2.05) is 19.1 Å². The molecule has 2 fully saturated rings. The van der Waals surface area contributed by atoms with E-state index in [1.165, 1.54) is 43.2 Å². The summed E-state index contributed by atoms with van der Waals surface area (Å²) in [5.74, 6) is -1.35. The Bertz CT molecular complexity index is 1440. The van der Waals surface area contributed by atoms with Gasteiger partial charge in [0.2, 0.25) is 0 Å². The Labute approximate surface area is 348 Å². The Hall–Kier alpha value is -2.30. The Balaban J connectivity index is 0.00000900. The van der Waals surface area contributed by atoms with Gasteiger partial charge in [0.05, 0.1) is 0 Å². The lowest BCUT2D eigenvalue weighted by atomic mass is 9.52. The Morgan fingerprint density at radius 2 is 1.57 bits per heavy atom. The number of hydrogen-bond donors (Lipinski definition) is 0. The van der Waals surface area contributed by atoms with Gasteiger partial charge in [-0.15, -0.1) is 0 Å². The van der Waals surface area contributed by atoms with E-state index in [-0.39, 0.29) is 40.3 Å². The molecule has 5 nitrogen and oxygen atoms in total. The van der Waals surface area contributed by atoms with Crippen molar-refractivity contribution in [3.8, 4) is 5.75 Å². The molecule has 0 saturated heterocycles. The van der Waals surface area contributed by atoms with Crippen molar-refractivity contribution in [2.24, 2.45) is 23.2 Å². The first kappa shape index (κ1) is 50.1. The molecule has 2 saturated carbocycles. The number of ether oxygens (including phenoxy) is 2. The molecule has 0 amide bonds. The highest BCUT2D eigenvalue weighted by Crippen LogP contribution is 2.63. The summed E-state index contributed by atoms with van der Waals surface area (Å²) in [6, 6.07) is 6.30. The Morgan fingerprint density at radius 1 is 0.897 bits per heavy atom. The molecule has 332 valence electrons. The van der Waals surface area contributed by atoms with E-state index in [4.69, 9.17) is 9.47 Å². The van der Waals surface area contributed by atoms with Gasteiger partial charge >= 0.3 is 24.3 Å². The molecule has 3 aliphatic carbocycles. The highest BCUT2D eigenvalue weighted by molar-refractivity contribution is 7.84. The van der Waals surface area contributed by atoms with Crippen LogP contribution in [0.2, 0.25) is 0 Å². The van der Waals surface area contributed by atoms with E-state index in [0.717, 1.165) is 103 Å². The van der Waals surface area contributed by atoms with Gasteiger partial charge in [0.1, 0.15) is 11.9 Å². The molecule has 3 aliphatic rings. The van der Waals surface area contributed by atoms with Crippen molar-refractivity contribution < 1.29 is 45.5 Å². The van der Waals surface area contributed by atoms with Gasteiger partial charge in [-0.05, 0) is 118 Å². The summed E-state index contributed by atoms with van der Waals surface area (Å²) in [4.78, 5) is 25.4. The second-order valence-corrected chi connectivity index (χ2v) is 19.3. The quantitative estimate of drug-likeness (QED) is 0.0290. The number of allylic oxidation sites excluding steroid dienone is 1. The number of rotatable bonds is 27. The lowest BCUT2D eigenvalue weighted by Gasteiger charge is -2.53. The molecule has 7 atom stereocenters. The van der Waals surface area contributed by atoms with E-state index < -0.39 is 29.6 Å². The number of esters is 2. The number of fused-ring (bicyclic) bond motifs is 5. The highest BCUT2D eigenvalue weighted by atomic mass is 32.2. The minimum atomic E-state index is -4.00. The average Bonchev–Trinajstić information content (AvgIpc) is 3.50. The zero-order valence-electron chi connectivity index (χ0n) is 35.6. The Morgan fingerprint density at radius 3 is 2.28 bits per heavy atom. The number of benzene rings is 1. The zero-order valence-corrected chi connectivity index (χ0v) is 36.4. The van der Waals surface area contributed by atoms with E-state index >= 15 is 0 Å². The monoisotopic (exact) mass is 845 g/mol. The van der Waals surface area contributed by atoms with Crippen LogP contribution in [0.5, 0.6) is 5.75 Å². The molecule has 1 aromatic carbocycles. The van der Waals surface area contributed by atoms with Crippen molar-refractivity contribution in [3.05, 3.63) is 41.5 Å². The summed E-state index contributed by atoms with van der Waals surface area (Å²) in [6.45, 7) is 6.58. The van der Waals surface area contributed by atoms with Crippen LogP contribution in [0, 0.1) is 23.2 Å². The normalized spacial score (nSPS) is 24.5. The molecule has 0 aliphatic heterocycles. The van der Waals surface area contributed by atoms with E-state index in [0.29, 0.717) is 41.6 Å². The van der Waals surface area contributed by atoms with Crippen molar-refractivity contribution >= 4 is 22.7 Å². The van der Waals surface area contributed by atoms with Gasteiger partial charge in [-0.3, -0.25) is 13.7 Å². The van der Waals surface area contributed by atoms with Crippen LogP contribution in [0.3, 0.4) is 0 Å². The molecular weight excluding hydrogens is 772 g/mol. The number of hydrogen-bond acceptors (Lipinski definition) is 5. The number of alkyl halides is 4. The molecule has 58 heavy (non-hydrogen) atoms. The number of carbonyl (C=O) groups excluding carboxylic acids is 2. The van der Waals surface area contributed by atoms with Crippen LogP contribution < -0.4 is 4.74 Å². The molecule has 4 rings (SSSR count). The molecule has 11 heteroatoms. The van der Waals surface area contributed by atoms with E-state index in [1.54, 1.807) is 6.08 Å². The molecule has 7 unspecified atom stereocenters. The third-order valence-electron chi connectivity index (χ3n) is 13.4. The van der Waals surface area contributed by atoms with Gasteiger partial charge < -0.3 is 9.47 Å². The summed E-state index contributed by atoms with van der Waals surface area (Å²) >= 11 is 0. The minimum absolute atomic E-state index is 0. The predicted molar refractivity (Wildman–Crippen MR) is 225 cm³/mol. The maximum Gasteiger partial charge on any atom is 0.330 e. The molecule has 1 aromatic rings. The topological polar surface area (TPSA) is 69.7 Å². The first-order valence-corrected chi connectivity index (χ1v) is 24.1. The van der Waals surface area contributed by atoms with E-state index in [2.05, 4.69) is 26.0 Å². The van der Waals surface area contributed by atoms with Gasteiger partial charge in [0.25, 0.3) is 0 Å². The summed E-state index contributed by atoms with van der Waals surface area (Å²) in [5, 5.41) is 0. The van der Waals surface area contributed by atoms with Gasteiger partial charge in [0.15, 0.2) is 0 Å².